The number of nitrogens with zero attached hydrogens (tertiary/aromatic N) is 2. The number of rotatable bonds is 8. The molecule has 0 saturated heterocycles. The highest BCUT2D eigenvalue weighted by Gasteiger charge is 2.18. The molecule has 0 fully saturated rings. The van der Waals surface area contributed by atoms with Crippen LogP contribution >= 0.6 is 0 Å². The topological polar surface area (TPSA) is 95.4 Å². The van der Waals surface area contributed by atoms with E-state index in [1.165, 1.54) is 6.08 Å². The highest BCUT2D eigenvalue weighted by atomic mass is 16.6. The summed E-state index contributed by atoms with van der Waals surface area (Å²) in [5.41, 5.74) is 5.61. The molecule has 1 aliphatic heterocycles. The molecule has 0 aliphatic carbocycles. The van der Waals surface area contributed by atoms with Crippen LogP contribution in [0.2, 0.25) is 0 Å². The van der Waals surface area contributed by atoms with Crippen molar-refractivity contribution < 1.29 is 23.8 Å². The number of para-hydroxylation sites is 2. The zero-order valence-electron chi connectivity index (χ0n) is 21.9. The van der Waals surface area contributed by atoms with Crippen LogP contribution in [-0.4, -0.2) is 46.3 Å². The zero-order valence-corrected chi connectivity index (χ0v) is 21.9. The van der Waals surface area contributed by atoms with Gasteiger partial charge < -0.3 is 19.2 Å². The van der Waals surface area contributed by atoms with E-state index in [9.17, 15) is 9.59 Å². The van der Waals surface area contributed by atoms with Gasteiger partial charge in [-0.3, -0.25) is 4.79 Å². The minimum absolute atomic E-state index is 0.268. The molecule has 2 aromatic heterocycles. The Kier molecular flexibility index (Phi) is 6.89. The van der Waals surface area contributed by atoms with E-state index in [1.54, 1.807) is 17.0 Å². The normalized spacial score (nSPS) is 12.6. The Labute approximate surface area is 230 Å². The van der Waals surface area contributed by atoms with E-state index in [1.807, 2.05) is 72.9 Å². The quantitative estimate of drug-likeness (QED) is 0.154. The predicted molar refractivity (Wildman–Crippen MR) is 152 cm³/mol. The lowest BCUT2D eigenvalue weighted by Crippen LogP contribution is -2.15. The number of ketones is 1. The van der Waals surface area contributed by atoms with Crippen LogP contribution in [0.3, 0.4) is 0 Å². The van der Waals surface area contributed by atoms with Crippen molar-refractivity contribution in [1.29, 1.82) is 0 Å². The summed E-state index contributed by atoms with van der Waals surface area (Å²) in [6, 6.07) is 21.2. The number of hydrogen-bond donors (Lipinski definition) is 1. The van der Waals surface area contributed by atoms with Gasteiger partial charge in [0.05, 0.1) is 5.69 Å². The van der Waals surface area contributed by atoms with Crippen molar-refractivity contribution >= 4 is 28.7 Å². The van der Waals surface area contributed by atoms with E-state index in [4.69, 9.17) is 19.3 Å². The Morgan fingerprint density at radius 3 is 2.67 bits per heavy atom. The van der Waals surface area contributed by atoms with E-state index in [2.05, 4.69) is 11.9 Å². The van der Waals surface area contributed by atoms with Crippen LogP contribution in [0.4, 0.5) is 0 Å². The van der Waals surface area contributed by atoms with Gasteiger partial charge in [-0.2, -0.15) is 5.10 Å². The SMILES string of the molecule is CCc1cccc2c(C(=O)COC(=O)C=Cc3cn(-c4ccccc4)nc3-c3ccc4c(c3)OCCO4)c[nH]c12. The Bertz CT molecular complexity index is 1730. The number of aromatic amines is 1. The van der Waals surface area contributed by atoms with Crippen LogP contribution < -0.4 is 9.47 Å². The third-order valence-electron chi connectivity index (χ3n) is 6.81. The summed E-state index contributed by atoms with van der Waals surface area (Å²) < 4.78 is 18.5. The number of Topliss-reactive ketones (excluding diaryl/α,β-unsaturated/α-hetero) is 1. The van der Waals surface area contributed by atoms with Crippen LogP contribution in [0, 0.1) is 0 Å². The highest BCUT2D eigenvalue weighted by Crippen LogP contribution is 2.35. The van der Waals surface area contributed by atoms with Crippen molar-refractivity contribution in [2.45, 2.75) is 13.3 Å². The Hall–Kier alpha value is -5.11. The van der Waals surface area contributed by atoms with E-state index in [0.717, 1.165) is 34.1 Å². The van der Waals surface area contributed by atoms with Gasteiger partial charge in [0.2, 0.25) is 5.78 Å². The molecule has 1 N–H and O–H groups in total. The van der Waals surface area contributed by atoms with Gasteiger partial charge in [0.1, 0.15) is 18.9 Å². The monoisotopic (exact) mass is 533 g/mol. The number of carbonyl (C=O) groups is 2. The molecule has 8 heteroatoms. The Balaban J connectivity index is 1.22. The summed E-state index contributed by atoms with van der Waals surface area (Å²) in [5.74, 6) is 0.441. The van der Waals surface area contributed by atoms with E-state index in [0.29, 0.717) is 41.5 Å². The van der Waals surface area contributed by atoms with Crippen LogP contribution in [0.15, 0.2) is 85.2 Å². The van der Waals surface area contributed by atoms with Crippen LogP contribution in [0.1, 0.15) is 28.4 Å². The second-order valence-corrected chi connectivity index (χ2v) is 9.33. The number of aryl methyl sites for hydroxylation is 1. The molecule has 8 nitrogen and oxygen atoms in total. The molecule has 200 valence electrons. The molecule has 0 unspecified atom stereocenters. The first-order valence-electron chi connectivity index (χ1n) is 13.1. The number of benzene rings is 3. The smallest absolute Gasteiger partial charge is 0.331 e. The molecular weight excluding hydrogens is 506 g/mol. The summed E-state index contributed by atoms with van der Waals surface area (Å²) in [6.07, 6.45) is 7.32. The fourth-order valence-electron chi connectivity index (χ4n) is 4.80. The number of carbonyl (C=O) groups excluding carboxylic acids is 2. The lowest BCUT2D eigenvalue weighted by Gasteiger charge is -2.18. The largest absolute Gasteiger partial charge is 0.486 e. The van der Waals surface area contributed by atoms with Gasteiger partial charge in [-0.1, -0.05) is 43.3 Å². The number of ether oxygens (including phenoxy) is 3. The van der Waals surface area contributed by atoms with Crippen molar-refractivity contribution in [3.63, 3.8) is 0 Å². The Morgan fingerprint density at radius 2 is 1.85 bits per heavy atom. The van der Waals surface area contributed by atoms with Gasteiger partial charge >= 0.3 is 5.97 Å². The Morgan fingerprint density at radius 1 is 1.02 bits per heavy atom. The number of hydrogen-bond acceptors (Lipinski definition) is 6. The molecule has 0 atom stereocenters. The molecule has 0 radical (unpaired) electrons. The standard InChI is InChI=1S/C32H27N3O5/c1-2-21-7-6-10-25-26(18-33-32(21)25)27(36)20-40-30(37)14-12-23-19-35(24-8-4-3-5-9-24)34-31(23)22-11-13-28-29(17-22)39-16-15-38-28/h3-14,17-19,33H,2,15-16,20H2,1H3. The average molecular weight is 534 g/mol. The maximum absolute atomic E-state index is 12.9. The molecule has 5 aromatic rings. The molecule has 0 amide bonds. The lowest BCUT2D eigenvalue weighted by molar-refractivity contribution is -0.136. The van der Waals surface area contributed by atoms with Crippen molar-refractivity contribution in [2.24, 2.45) is 0 Å². The van der Waals surface area contributed by atoms with Gasteiger partial charge in [-0.25, -0.2) is 9.48 Å². The summed E-state index contributed by atoms with van der Waals surface area (Å²) in [6.45, 7) is 2.69. The molecular formula is C32H27N3O5. The van der Waals surface area contributed by atoms with Gasteiger partial charge in [0.25, 0.3) is 0 Å². The predicted octanol–water partition coefficient (Wildman–Crippen LogP) is 5.79. The molecule has 1 aliphatic rings. The van der Waals surface area contributed by atoms with Crippen LogP contribution in [0.25, 0.3) is 33.9 Å². The summed E-state index contributed by atoms with van der Waals surface area (Å²) in [7, 11) is 0. The summed E-state index contributed by atoms with van der Waals surface area (Å²) in [4.78, 5) is 28.7. The van der Waals surface area contributed by atoms with Crippen LogP contribution in [0.5, 0.6) is 11.5 Å². The second kappa shape index (κ2) is 10.9. The molecule has 0 saturated carbocycles. The third-order valence-corrected chi connectivity index (χ3v) is 6.81. The van der Waals surface area contributed by atoms with Crippen molar-refractivity contribution in [3.8, 4) is 28.4 Å². The molecule has 3 aromatic carbocycles. The maximum atomic E-state index is 12.9. The van der Waals surface area contributed by atoms with Gasteiger partial charge in [-0.15, -0.1) is 0 Å². The molecule has 3 heterocycles. The first-order chi connectivity index (χ1) is 19.6. The number of fused-ring (bicyclic) bond motifs is 2. The number of esters is 1. The second-order valence-electron chi connectivity index (χ2n) is 9.33. The van der Waals surface area contributed by atoms with E-state index in [-0.39, 0.29) is 12.4 Å². The zero-order chi connectivity index (χ0) is 27.5. The fourth-order valence-corrected chi connectivity index (χ4v) is 4.80. The molecule has 6 rings (SSSR count). The first-order valence-corrected chi connectivity index (χ1v) is 13.1. The van der Waals surface area contributed by atoms with Gasteiger partial charge in [0, 0.05) is 46.1 Å². The highest BCUT2D eigenvalue weighted by molar-refractivity contribution is 6.09. The van der Waals surface area contributed by atoms with Crippen molar-refractivity contribution in [2.75, 3.05) is 19.8 Å². The minimum atomic E-state index is -0.622. The minimum Gasteiger partial charge on any atom is -0.486 e. The van der Waals surface area contributed by atoms with Crippen molar-refractivity contribution in [3.05, 3.63) is 102 Å². The average Bonchev–Trinajstić information content (AvgIpc) is 3.64. The first kappa shape index (κ1) is 25.2. The molecule has 40 heavy (non-hydrogen) atoms. The van der Waals surface area contributed by atoms with Crippen LogP contribution in [-0.2, 0) is 16.0 Å². The number of aromatic nitrogens is 3. The van der Waals surface area contributed by atoms with Gasteiger partial charge in [0.15, 0.2) is 18.1 Å². The molecule has 0 bridgehead atoms. The number of nitrogens with one attached hydrogen (secondary N) is 1. The van der Waals surface area contributed by atoms with Crippen molar-refractivity contribution in [1.82, 2.24) is 14.8 Å². The summed E-state index contributed by atoms with van der Waals surface area (Å²) in [5, 5.41) is 5.62. The van der Waals surface area contributed by atoms with Gasteiger partial charge in [-0.05, 0) is 48.4 Å². The molecule has 0 spiro atoms. The number of H-pyrrole nitrogens is 1. The maximum Gasteiger partial charge on any atom is 0.331 e. The van der Waals surface area contributed by atoms with E-state index >= 15 is 0 Å². The summed E-state index contributed by atoms with van der Waals surface area (Å²) >= 11 is 0. The van der Waals surface area contributed by atoms with E-state index < -0.39 is 5.97 Å². The third kappa shape index (κ3) is 4.99. The lowest BCUT2D eigenvalue weighted by atomic mass is 10.1. The fraction of sp³-hybridized carbons (Fsp3) is 0.156.